The van der Waals surface area contributed by atoms with E-state index in [4.69, 9.17) is 9.16 Å². The molecule has 0 aliphatic heterocycles. The molecule has 0 unspecified atom stereocenters. The summed E-state index contributed by atoms with van der Waals surface area (Å²) in [4.78, 5) is 10.6. The molecular weight excluding hydrogens is 424 g/mol. The third-order valence-corrected chi connectivity index (χ3v) is 11.5. The van der Waals surface area contributed by atoms with Crippen LogP contribution in [0.2, 0.25) is 5.04 Å². The van der Waals surface area contributed by atoms with Crippen molar-refractivity contribution in [2.45, 2.75) is 83.5 Å². The van der Waals surface area contributed by atoms with E-state index in [1.54, 1.807) is 7.11 Å². The first-order valence-electron chi connectivity index (χ1n) is 12.3. The Morgan fingerprint density at radius 1 is 0.879 bits per heavy atom. The number of methoxy groups -OCH3 is 1. The molecule has 0 aromatic heterocycles. The molecule has 0 aliphatic rings. The maximum Gasteiger partial charge on any atom is 0.261 e. The van der Waals surface area contributed by atoms with Crippen LogP contribution in [0.25, 0.3) is 0 Å². The first-order valence-corrected chi connectivity index (χ1v) is 14.2. The fraction of sp³-hybridized carbons (Fsp3) is 0.483. The van der Waals surface area contributed by atoms with E-state index < -0.39 is 8.32 Å². The van der Waals surface area contributed by atoms with E-state index in [9.17, 15) is 4.79 Å². The fourth-order valence-electron chi connectivity index (χ4n) is 4.53. The van der Waals surface area contributed by atoms with E-state index in [1.165, 1.54) is 10.4 Å². The lowest BCUT2D eigenvalue weighted by atomic mass is 10.1. The number of aldehydes is 1. The van der Waals surface area contributed by atoms with Crippen LogP contribution in [0.5, 0.6) is 0 Å². The summed E-state index contributed by atoms with van der Waals surface area (Å²) in [6.07, 6.45) is 11.1. The Morgan fingerprint density at radius 3 is 1.91 bits per heavy atom. The van der Waals surface area contributed by atoms with Crippen LogP contribution >= 0.6 is 0 Å². The summed E-state index contributed by atoms with van der Waals surface area (Å²) in [5.74, 6) is 0. The Bertz CT molecular complexity index is 787. The molecule has 0 saturated heterocycles. The van der Waals surface area contributed by atoms with Crippen LogP contribution in [-0.4, -0.2) is 33.9 Å². The average molecular weight is 467 g/mol. The Labute approximate surface area is 202 Å². The molecule has 4 heteroatoms. The van der Waals surface area contributed by atoms with Gasteiger partial charge in [-0.3, -0.25) is 0 Å². The molecule has 2 rings (SSSR count). The van der Waals surface area contributed by atoms with Gasteiger partial charge in [-0.25, -0.2) is 0 Å². The van der Waals surface area contributed by atoms with Crippen molar-refractivity contribution in [3.05, 3.63) is 72.8 Å². The van der Waals surface area contributed by atoms with Gasteiger partial charge in [0.2, 0.25) is 0 Å². The number of allylic oxidation sites excluding steroid dienone is 2. The minimum atomic E-state index is -2.48. The van der Waals surface area contributed by atoms with Crippen LogP contribution in [0.4, 0.5) is 0 Å². The van der Waals surface area contributed by atoms with Crippen LogP contribution in [0.3, 0.4) is 0 Å². The van der Waals surface area contributed by atoms with Crippen LogP contribution in [0.1, 0.15) is 66.2 Å². The molecular formula is C29H42O3Si. The third-order valence-electron chi connectivity index (χ3n) is 6.29. The molecule has 0 saturated carbocycles. The van der Waals surface area contributed by atoms with Crippen molar-refractivity contribution in [2.24, 2.45) is 0 Å². The fourth-order valence-corrected chi connectivity index (χ4v) is 9.27. The van der Waals surface area contributed by atoms with Gasteiger partial charge in [0.25, 0.3) is 8.32 Å². The lowest BCUT2D eigenvalue weighted by Crippen LogP contribution is -2.67. The zero-order valence-corrected chi connectivity index (χ0v) is 22.1. The topological polar surface area (TPSA) is 35.5 Å². The summed E-state index contributed by atoms with van der Waals surface area (Å²) in [5, 5.41) is 2.67. The summed E-state index contributed by atoms with van der Waals surface area (Å²) in [5.41, 5.74) is 0. The second kappa shape index (κ2) is 13.6. The van der Waals surface area contributed by atoms with Crippen molar-refractivity contribution >= 4 is 25.0 Å². The summed E-state index contributed by atoms with van der Waals surface area (Å²) in [6.45, 7) is 9.21. The summed E-state index contributed by atoms with van der Waals surface area (Å²) in [7, 11) is -0.807. The summed E-state index contributed by atoms with van der Waals surface area (Å²) in [6, 6.07) is 21.7. The lowest BCUT2D eigenvalue weighted by Gasteiger charge is -2.44. The van der Waals surface area contributed by atoms with Gasteiger partial charge in [-0.1, -0.05) is 93.6 Å². The van der Waals surface area contributed by atoms with Crippen molar-refractivity contribution in [1.82, 2.24) is 0 Å². The highest BCUT2D eigenvalue weighted by molar-refractivity contribution is 6.99. The van der Waals surface area contributed by atoms with E-state index >= 15 is 0 Å². The zero-order chi connectivity index (χ0) is 24.2. The number of hydrogen-bond donors (Lipinski definition) is 0. The zero-order valence-electron chi connectivity index (χ0n) is 21.1. The SMILES string of the molecule is CO[C@@H](CC=O)CC/C=C/CCC[C@@H](C)O[Si](c1ccccc1)(c1ccccc1)C(C)(C)C. The second-order valence-electron chi connectivity index (χ2n) is 9.83. The number of ether oxygens (including phenoxy) is 1. The highest BCUT2D eigenvalue weighted by Gasteiger charge is 2.50. The Balaban J connectivity index is 2.04. The van der Waals surface area contributed by atoms with Crippen LogP contribution in [-0.2, 0) is 14.0 Å². The van der Waals surface area contributed by atoms with Gasteiger partial charge in [-0.2, -0.15) is 0 Å². The minimum Gasteiger partial charge on any atom is -0.405 e. The predicted molar refractivity (Wildman–Crippen MR) is 142 cm³/mol. The van der Waals surface area contributed by atoms with E-state index in [2.05, 4.69) is 101 Å². The molecule has 0 spiro atoms. The normalized spacial score (nSPS) is 14.3. The number of unbranched alkanes of at least 4 members (excludes halogenated alkanes) is 1. The standard InChI is InChI=1S/C29H42O3Si/c1-25(17-11-7-6-8-12-18-26(31-5)23-24-30)32-33(29(2,3)4,27-19-13-9-14-20-27)28-21-15-10-16-22-28/h6,8-10,13-16,19-22,24-26H,7,11-12,17-18,23H2,1-5H3/b8-6+/t25-,26-/m1/s1. The number of carbonyl (C=O) groups is 1. The molecule has 2 atom stereocenters. The molecule has 0 aliphatic carbocycles. The molecule has 33 heavy (non-hydrogen) atoms. The highest BCUT2D eigenvalue weighted by Crippen LogP contribution is 2.37. The van der Waals surface area contributed by atoms with Crippen molar-refractivity contribution in [2.75, 3.05) is 7.11 Å². The Kier molecular flexibility index (Phi) is 11.3. The average Bonchev–Trinajstić information content (AvgIpc) is 2.81. The van der Waals surface area contributed by atoms with E-state index in [0.717, 1.165) is 38.4 Å². The molecule has 2 aromatic rings. The van der Waals surface area contributed by atoms with Gasteiger partial charge in [0, 0.05) is 19.6 Å². The van der Waals surface area contributed by atoms with Gasteiger partial charge >= 0.3 is 0 Å². The largest absolute Gasteiger partial charge is 0.405 e. The smallest absolute Gasteiger partial charge is 0.261 e. The van der Waals surface area contributed by atoms with Crippen molar-refractivity contribution in [3.63, 3.8) is 0 Å². The van der Waals surface area contributed by atoms with Crippen LogP contribution in [0.15, 0.2) is 72.8 Å². The van der Waals surface area contributed by atoms with Crippen molar-refractivity contribution in [1.29, 1.82) is 0 Å². The molecule has 0 bridgehead atoms. The van der Waals surface area contributed by atoms with Gasteiger partial charge < -0.3 is 14.0 Å². The molecule has 180 valence electrons. The van der Waals surface area contributed by atoms with Gasteiger partial charge in [-0.15, -0.1) is 0 Å². The second-order valence-corrected chi connectivity index (χ2v) is 14.1. The molecule has 0 amide bonds. The van der Waals surface area contributed by atoms with Crippen LogP contribution < -0.4 is 10.4 Å². The lowest BCUT2D eigenvalue weighted by molar-refractivity contribution is -0.110. The Hall–Kier alpha value is -2.01. The molecule has 0 fully saturated rings. The van der Waals surface area contributed by atoms with Gasteiger partial charge in [0.1, 0.15) is 6.29 Å². The van der Waals surface area contributed by atoms with E-state index in [1.807, 2.05) is 0 Å². The van der Waals surface area contributed by atoms with Gasteiger partial charge in [0.05, 0.1) is 6.10 Å². The maximum atomic E-state index is 10.6. The number of carbonyl (C=O) groups excluding carboxylic acids is 1. The number of hydrogen-bond acceptors (Lipinski definition) is 3. The van der Waals surface area contributed by atoms with Crippen molar-refractivity contribution < 1.29 is 14.0 Å². The van der Waals surface area contributed by atoms with Gasteiger partial charge in [0.15, 0.2) is 0 Å². The molecule has 0 heterocycles. The molecule has 3 nitrogen and oxygen atoms in total. The molecule has 0 N–H and O–H groups in total. The number of rotatable bonds is 14. The van der Waals surface area contributed by atoms with E-state index in [-0.39, 0.29) is 17.2 Å². The maximum absolute atomic E-state index is 10.6. The Morgan fingerprint density at radius 2 is 1.42 bits per heavy atom. The number of benzene rings is 2. The minimum absolute atomic E-state index is 0.00325. The quantitative estimate of drug-likeness (QED) is 0.147. The first kappa shape index (κ1) is 27.2. The van der Waals surface area contributed by atoms with Crippen molar-refractivity contribution in [3.8, 4) is 0 Å². The summed E-state index contributed by atoms with van der Waals surface area (Å²) >= 11 is 0. The predicted octanol–water partition coefficient (Wildman–Crippen LogP) is 6.06. The molecule has 2 aromatic carbocycles. The first-order chi connectivity index (χ1) is 15.8. The summed E-state index contributed by atoms with van der Waals surface area (Å²) < 4.78 is 12.5. The van der Waals surface area contributed by atoms with Gasteiger partial charge in [-0.05, 0) is 54.4 Å². The third kappa shape index (κ3) is 7.77. The van der Waals surface area contributed by atoms with E-state index in [0.29, 0.717) is 6.42 Å². The highest BCUT2D eigenvalue weighted by atomic mass is 28.4. The van der Waals surface area contributed by atoms with Crippen LogP contribution in [0, 0.1) is 0 Å². The molecule has 0 radical (unpaired) electrons. The monoisotopic (exact) mass is 466 g/mol.